The summed E-state index contributed by atoms with van der Waals surface area (Å²) in [5, 5.41) is 18.3. The second kappa shape index (κ2) is 4.37. The maximum Gasteiger partial charge on any atom is 0.161 e. The van der Waals surface area contributed by atoms with Crippen molar-refractivity contribution in [3.8, 4) is 0 Å². The van der Waals surface area contributed by atoms with Crippen molar-refractivity contribution in [1.29, 1.82) is 0 Å². The molecule has 3 heterocycles. The maximum atomic E-state index is 9.84. The number of thioether (sulfide) groups is 1. The highest BCUT2D eigenvalue weighted by molar-refractivity contribution is 7.99. The van der Waals surface area contributed by atoms with Crippen molar-refractivity contribution in [2.75, 3.05) is 11.5 Å². The molecule has 0 amide bonds. The van der Waals surface area contributed by atoms with E-state index in [1.165, 1.54) is 18.6 Å². The van der Waals surface area contributed by atoms with Gasteiger partial charge in [-0.3, -0.25) is 0 Å². The van der Waals surface area contributed by atoms with E-state index in [4.69, 9.17) is 0 Å². The molecule has 88 valence electrons. The fourth-order valence-electron chi connectivity index (χ4n) is 2.62. The number of aliphatic hydroxyl groups is 1. The standard InChI is InChI=1S/C11H17N3OS/c15-9-4-1-5-14-10(12-13-11(9)14)8-3-2-6-16-7-8/h8-9,15H,1-7H2. The lowest BCUT2D eigenvalue weighted by Gasteiger charge is -2.24. The average Bonchev–Trinajstić information content (AvgIpc) is 2.75. The molecule has 5 heteroatoms. The van der Waals surface area contributed by atoms with Gasteiger partial charge in [0, 0.05) is 18.2 Å². The summed E-state index contributed by atoms with van der Waals surface area (Å²) >= 11 is 2.01. The Kier molecular flexibility index (Phi) is 2.90. The number of aliphatic hydroxyl groups excluding tert-OH is 1. The van der Waals surface area contributed by atoms with Crippen LogP contribution in [-0.4, -0.2) is 31.4 Å². The number of rotatable bonds is 1. The minimum Gasteiger partial charge on any atom is -0.385 e. The molecule has 1 saturated heterocycles. The third kappa shape index (κ3) is 1.76. The molecule has 1 aromatic rings. The van der Waals surface area contributed by atoms with Crippen LogP contribution in [-0.2, 0) is 6.54 Å². The van der Waals surface area contributed by atoms with Crippen LogP contribution in [0.4, 0.5) is 0 Å². The fourth-order valence-corrected chi connectivity index (χ4v) is 3.76. The first-order valence-electron chi connectivity index (χ1n) is 6.05. The molecule has 0 spiro atoms. The summed E-state index contributed by atoms with van der Waals surface area (Å²) < 4.78 is 2.16. The first kappa shape index (κ1) is 10.6. The molecule has 4 nitrogen and oxygen atoms in total. The first-order valence-corrected chi connectivity index (χ1v) is 7.20. The smallest absolute Gasteiger partial charge is 0.161 e. The van der Waals surface area contributed by atoms with Crippen LogP contribution in [0.2, 0.25) is 0 Å². The van der Waals surface area contributed by atoms with Crippen molar-refractivity contribution in [2.45, 2.75) is 44.2 Å². The van der Waals surface area contributed by atoms with Gasteiger partial charge in [0.2, 0.25) is 0 Å². The van der Waals surface area contributed by atoms with Crippen molar-refractivity contribution in [2.24, 2.45) is 0 Å². The Balaban J connectivity index is 1.89. The minimum atomic E-state index is -0.397. The molecule has 0 radical (unpaired) electrons. The largest absolute Gasteiger partial charge is 0.385 e. The Morgan fingerprint density at radius 3 is 2.88 bits per heavy atom. The van der Waals surface area contributed by atoms with Crippen LogP contribution in [0.25, 0.3) is 0 Å². The summed E-state index contributed by atoms with van der Waals surface area (Å²) in [6, 6.07) is 0. The highest BCUT2D eigenvalue weighted by atomic mass is 32.2. The highest BCUT2D eigenvalue weighted by Crippen LogP contribution is 2.33. The lowest BCUT2D eigenvalue weighted by molar-refractivity contribution is 0.132. The fraction of sp³-hybridized carbons (Fsp3) is 0.818. The minimum absolute atomic E-state index is 0.397. The number of aromatic nitrogens is 3. The van der Waals surface area contributed by atoms with Crippen LogP contribution < -0.4 is 0 Å². The van der Waals surface area contributed by atoms with E-state index in [9.17, 15) is 5.11 Å². The van der Waals surface area contributed by atoms with Gasteiger partial charge < -0.3 is 9.67 Å². The van der Waals surface area contributed by atoms with Crippen LogP contribution in [0.15, 0.2) is 0 Å². The van der Waals surface area contributed by atoms with Crippen molar-refractivity contribution in [1.82, 2.24) is 14.8 Å². The van der Waals surface area contributed by atoms with Crippen molar-refractivity contribution < 1.29 is 5.11 Å². The number of fused-ring (bicyclic) bond motifs is 1. The van der Waals surface area contributed by atoms with Gasteiger partial charge >= 0.3 is 0 Å². The van der Waals surface area contributed by atoms with Crippen LogP contribution in [0.5, 0.6) is 0 Å². The maximum absolute atomic E-state index is 9.84. The molecule has 0 saturated carbocycles. The zero-order valence-corrected chi connectivity index (χ0v) is 10.1. The molecule has 1 N–H and O–H groups in total. The lowest BCUT2D eigenvalue weighted by atomic mass is 10.0. The average molecular weight is 239 g/mol. The van der Waals surface area contributed by atoms with E-state index < -0.39 is 6.10 Å². The molecular formula is C11H17N3OS. The third-order valence-corrected chi connectivity index (χ3v) is 4.71. The molecule has 1 aromatic heterocycles. The van der Waals surface area contributed by atoms with E-state index in [0.29, 0.717) is 5.92 Å². The van der Waals surface area contributed by atoms with Gasteiger partial charge in [0.1, 0.15) is 11.9 Å². The Hall–Kier alpha value is -0.550. The van der Waals surface area contributed by atoms with Gasteiger partial charge in [0.25, 0.3) is 0 Å². The normalized spacial score (nSPS) is 30.1. The molecule has 3 rings (SSSR count). The Morgan fingerprint density at radius 2 is 2.06 bits per heavy atom. The summed E-state index contributed by atoms with van der Waals surface area (Å²) in [4.78, 5) is 0. The SMILES string of the molecule is OC1CCCn2c1nnc2C1CCCSC1. The van der Waals surface area contributed by atoms with E-state index in [1.807, 2.05) is 11.8 Å². The van der Waals surface area contributed by atoms with Gasteiger partial charge in [-0.15, -0.1) is 10.2 Å². The molecule has 0 aliphatic carbocycles. The molecule has 2 aliphatic heterocycles. The van der Waals surface area contributed by atoms with Gasteiger partial charge in [-0.05, 0) is 31.4 Å². The second-order valence-electron chi connectivity index (χ2n) is 4.64. The summed E-state index contributed by atoms with van der Waals surface area (Å²) in [5.41, 5.74) is 0. The summed E-state index contributed by atoms with van der Waals surface area (Å²) in [6.07, 6.45) is 3.98. The summed E-state index contributed by atoms with van der Waals surface area (Å²) in [7, 11) is 0. The monoisotopic (exact) mass is 239 g/mol. The van der Waals surface area contributed by atoms with Crippen LogP contribution in [0.3, 0.4) is 0 Å². The summed E-state index contributed by atoms with van der Waals surface area (Å²) in [6.45, 7) is 0.982. The summed E-state index contributed by atoms with van der Waals surface area (Å²) in [5.74, 6) is 4.89. The van der Waals surface area contributed by atoms with Crippen LogP contribution in [0, 0.1) is 0 Å². The number of nitrogens with zero attached hydrogens (tertiary/aromatic N) is 3. The molecule has 16 heavy (non-hydrogen) atoms. The van der Waals surface area contributed by atoms with Crippen molar-refractivity contribution >= 4 is 11.8 Å². The first-order chi connectivity index (χ1) is 7.86. The topological polar surface area (TPSA) is 50.9 Å². The van der Waals surface area contributed by atoms with E-state index in [1.54, 1.807) is 0 Å². The Bertz CT molecular complexity index is 373. The predicted octanol–water partition coefficient (Wildman–Crippen LogP) is 1.72. The molecule has 0 aromatic carbocycles. The van der Waals surface area contributed by atoms with Crippen molar-refractivity contribution in [3.05, 3.63) is 11.6 Å². The van der Waals surface area contributed by atoms with E-state index in [0.717, 1.165) is 36.8 Å². The van der Waals surface area contributed by atoms with Crippen molar-refractivity contribution in [3.63, 3.8) is 0 Å². The quantitative estimate of drug-likeness (QED) is 0.810. The Morgan fingerprint density at radius 1 is 1.19 bits per heavy atom. The van der Waals surface area contributed by atoms with E-state index in [2.05, 4.69) is 14.8 Å². The van der Waals surface area contributed by atoms with E-state index in [-0.39, 0.29) is 0 Å². The van der Waals surface area contributed by atoms with Crippen LogP contribution in [0.1, 0.15) is 49.4 Å². The molecular weight excluding hydrogens is 222 g/mol. The molecule has 1 fully saturated rings. The Labute approximate surface area is 99.4 Å². The lowest BCUT2D eigenvalue weighted by Crippen LogP contribution is -2.20. The van der Waals surface area contributed by atoms with Crippen LogP contribution >= 0.6 is 11.8 Å². The van der Waals surface area contributed by atoms with Gasteiger partial charge in [-0.1, -0.05) is 0 Å². The second-order valence-corrected chi connectivity index (χ2v) is 5.79. The van der Waals surface area contributed by atoms with E-state index >= 15 is 0 Å². The molecule has 2 aliphatic rings. The highest BCUT2D eigenvalue weighted by Gasteiger charge is 2.28. The van der Waals surface area contributed by atoms with Gasteiger partial charge in [-0.25, -0.2) is 0 Å². The van der Waals surface area contributed by atoms with Gasteiger partial charge in [-0.2, -0.15) is 11.8 Å². The zero-order chi connectivity index (χ0) is 11.0. The molecule has 0 bridgehead atoms. The molecule has 2 unspecified atom stereocenters. The number of hydrogen-bond donors (Lipinski definition) is 1. The number of hydrogen-bond acceptors (Lipinski definition) is 4. The molecule has 2 atom stereocenters. The predicted molar refractivity (Wildman–Crippen MR) is 63.5 cm³/mol. The van der Waals surface area contributed by atoms with Gasteiger partial charge in [0.05, 0.1) is 0 Å². The zero-order valence-electron chi connectivity index (χ0n) is 9.30. The van der Waals surface area contributed by atoms with Gasteiger partial charge in [0.15, 0.2) is 5.82 Å². The third-order valence-electron chi connectivity index (χ3n) is 3.49.